The third-order valence-corrected chi connectivity index (χ3v) is 3.17. The Bertz CT molecular complexity index is 290. The minimum absolute atomic E-state index is 0.178. The molecular weight excluding hydrogens is 236 g/mol. The number of nitrogens with zero attached hydrogens (tertiary/aromatic N) is 1. The van der Waals surface area contributed by atoms with Gasteiger partial charge in [0.1, 0.15) is 0 Å². The van der Waals surface area contributed by atoms with Crippen molar-refractivity contribution in [2.75, 3.05) is 27.2 Å². The Kier molecular flexibility index (Phi) is 6.68. The molecule has 0 spiro atoms. The van der Waals surface area contributed by atoms with Gasteiger partial charge in [-0.05, 0) is 13.3 Å². The van der Waals surface area contributed by atoms with Crippen LogP contribution in [0, 0.1) is 5.92 Å². The van der Waals surface area contributed by atoms with Crippen LogP contribution in [-0.2, 0) is 9.53 Å². The fourth-order valence-corrected chi connectivity index (χ4v) is 1.31. The van der Waals surface area contributed by atoms with E-state index in [1.165, 1.54) is 4.90 Å². The van der Waals surface area contributed by atoms with Gasteiger partial charge in [-0.25, -0.2) is 4.79 Å². The zero-order valence-electron chi connectivity index (χ0n) is 11.8. The maximum atomic E-state index is 11.7. The van der Waals surface area contributed by atoms with Gasteiger partial charge in [-0.2, -0.15) is 0 Å². The molecule has 0 fully saturated rings. The molecule has 0 saturated heterocycles. The lowest BCUT2D eigenvalue weighted by Gasteiger charge is -2.28. The van der Waals surface area contributed by atoms with E-state index in [9.17, 15) is 9.59 Å². The molecule has 0 aromatic rings. The summed E-state index contributed by atoms with van der Waals surface area (Å²) < 4.78 is 5.31. The molecule has 2 amide bonds. The summed E-state index contributed by atoms with van der Waals surface area (Å²) in [6.45, 7) is 6.03. The molecule has 0 aliphatic rings. The molecule has 0 radical (unpaired) electrons. The molecule has 0 heterocycles. The van der Waals surface area contributed by atoms with E-state index in [-0.39, 0.29) is 12.6 Å². The Morgan fingerprint density at radius 2 is 2.06 bits per heavy atom. The third-order valence-electron chi connectivity index (χ3n) is 3.17. The second-order valence-electron chi connectivity index (χ2n) is 4.79. The molecule has 106 valence electrons. The zero-order chi connectivity index (χ0) is 14.3. The van der Waals surface area contributed by atoms with Crippen LogP contribution in [0.1, 0.15) is 27.2 Å². The number of carboxylic acid groups (broad SMARTS) is 1. The zero-order valence-corrected chi connectivity index (χ0v) is 11.8. The number of nitrogens with one attached hydrogen (secondary N) is 1. The number of carbonyl (C=O) groups excluding carboxylic acids is 1. The van der Waals surface area contributed by atoms with Crippen LogP contribution in [0.2, 0.25) is 0 Å². The molecule has 0 aliphatic heterocycles. The van der Waals surface area contributed by atoms with Gasteiger partial charge in [-0.3, -0.25) is 4.79 Å². The molecule has 0 rings (SSSR count). The number of ether oxygens (including phenoxy) is 1. The predicted octanol–water partition coefficient (Wildman–Crippen LogP) is 1.16. The third kappa shape index (κ3) is 5.35. The molecule has 2 atom stereocenters. The highest BCUT2D eigenvalue weighted by Gasteiger charge is 2.23. The monoisotopic (exact) mass is 260 g/mol. The van der Waals surface area contributed by atoms with Gasteiger partial charge < -0.3 is 20.1 Å². The number of amides is 2. The molecule has 6 nitrogen and oxygen atoms in total. The van der Waals surface area contributed by atoms with E-state index in [0.717, 1.165) is 6.42 Å². The summed E-state index contributed by atoms with van der Waals surface area (Å²) in [7, 11) is 3.18. The van der Waals surface area contributed by atoms with Crippen molar-refractivity contribution in [3.8, 4) is 0 Å². The lowest BCUT2D eigenvalue weighted by molar-refractivity contribution is -0.141. The molecule has 0 aromatic carbocycles. The van der Waals surface area contributed by atoms with Gasteiger partial charge in [0.25, 0.3) is 0 Å². The fourth-order valence-electron chi connectivity index (χ4n) is 1.31. The van der Waals surface area contributed by atoms with Crippen LogP contribution in [0.5, 0.6) is 0 Å². The second-order valence-corrected chi connectivity index (χ2v) is 4.79. The maximum Gasteiger partial charge on any atom is 0.317 e. The van der Waals surface area contributed by atoms with Crippen LogP contribution < -0.4 is 5.32 Å². The molecule has 0 aromatic heterocycles. The lowest BCUT2D eigenvalue weighted by atomic mass is 10.0. The Morgan fingerprint density at radius 1 is 1.50 bits per heavy atom. The number of aliphatic carboxylic acids is 1. The number of urea groups is 1. The average Bonchev–Trinajstić information content (AvgIpc) is 2.35. The minimum Gasteiger partial charge on any atom is -0.481 e. The molecular formula is C12H24N2O4. The van der Waals surface area contributed by atoms with Crippen LogP contribution in [-0.4, -0.2) is 54.9 Å². The van der Waals surface area contributed by atoms with Gasteiger partial charge in [-0.15, -0.1) is 0 Å². The van der Waals surface area contributed by atoms with Crippen molar-refractivity contribution in [3.05, 3.63) is 0 Å². The average molecular weight is 260 g/mol. The smallest absolute Gasteiger partial charge is 0.317 e. The van der Waals surface area contributed by atoms with E-state index in [4.69, 9.17) is 9.84 Å². The first-order chi connectivity index (χ1) is 8.25. The number of rotatable bonds is 7. The van der Waals surface area contributed by atoms with Crippen LogP contribution in [0.4, 0.5) is 4.79 Å². The number of hydrogen-bond donors (Lipinski definition) is 2. The van der Waals surface area contributed by atoms with Crippen molar-refractivity contribution in [2.24, 2.45) is 5.92 Å². The van der Waals surface area contributed by atoms with Crippen LogP contribution in [0.3, 0.4) is 0 Å². The van der Waals surface area contributed by atoms with Crippen LogP contribution in [0.15, 0.2) is 0 Å². The predicted molar refractivity (Wildman–Crippen MR) is 68.5 cm³/mol. The van der Waals surface area contributed by atoms with E-state index < -0.39 is 17.5 Å². The highest BCUT2D eigenvalue weighted by atomic mass is 16.5. The van der Waals surface area contributed by atoms with Crippen LogP contribution in [0.25, 0.3) is 0 Å². The molecule has 0 bridgehead atoms. The Hall–Kier alpha value is -1.30. The molecule has 0 aliphatic carbocycles. The Balaban J connectivity index is 4.21. The quantitative estimate of drug-likeness (QED) is 0.720. The number of carboxylic acids is 1. The standard InChI is InChI=1S/C12H24N2O4/c1-6-12(3,18-5)8-13-11(17)14(4)7-9(2)10(15)16/h9H,6-8H2,1-5H3,(H,13,17)(H,15,16). The van der Waals surface area contributed by atoms with Gasteiger partial charge in [0.2, 0.25) is 0 Å². The van der Waals surface area contributed by atoms with Crippen molar-refractivity contribution in [3.63, 3.8) is 0 Å². The maximum absolute atomic E-state index is 11.7. The van der Waals surface area contributed by atoms with Gasteiger partial charge in [0, 0.05) is 27.2 Å². The number of hydrogen-bond acceptors (Lipinski definition) is 3. The molecule has 0 saturated carbocycles. The number of carbonyl (C=O) groups is 2. The SMILES string of the molecule is CCC(C)(CNC(=O)N(C)CC(C)C(=O)O)OC. The van der Waals surface area contributed by atoms with E-state index in [1.54, 1.807) is 21.1 Å². The van der Waals surface area contributed by atoms with E-state index in [2.05, 4.69) is 5.32 Å². The first-order valence-electron chi connectivity index (χ1n) is 6.02. The van der Waals surface area contributed by atoms with Crippen molar-refractivity contribution in [2.45, 2.75) is 32.8 Å². The second kappa shape index (κ2) is 7.20. The van der Waals surface area contributed by atoms with Crippen molar-refractivity contribution >= 4 is 12.0 Å². The Labute approximate surface area is 108 Å². The van der Waals surface area contributed by atoms with Crippen molar-refractivity contribution < 1.29 is 19.4 Å². The Morgan fingerprint density at radius 3 is 2.44 bits per heavy atom. The highest BCUT2D eigenvalue weighted by molar-refractivity contribution is 5.75. The van der Waals surface area contributed by atoms with Gasteiger partial charge >= 0.3 is 12.0 Å². The molecule has 18 heavy (non-hydrogen) atoms. The first kappa shape index (κ1) is 16.7. The van der Waals surface area contributed by atoms with Gasteiger partial charge in [0.15, 0.2) is 0 Å². The first-order valence-corrected chi connectivity index (χ1v) is 6.02. The molecule has 6 heteroatoms. The van der Waals surface area contributed by atoms with Crippen LogP contribution >= 0.6 is 0 Å². The lowest BCUT2D eigenvalue weighted by Crippen LogP contribution is -2.47. The normalized spacial score (nSPS) is 15.6. The number of methoxy groups -OCH3 is 1. The summed E-state index contributed by atoms with van der Waals surface area (Å²) >= 11 is 0. The summed E-state index contributed by atoms with van der Waals surface area (Å²) in [4.78, 5) is 23.8. The highest BCUT2D eigenvalue weighted by Crippen LogP contribution is 2.12. The summed E-state index contributed by atoms with van der Waals surface area (Å²) in [5.74, 6) is -1.49. The molecule has 2 N–H and O–H groups in total. The van der Waals surface area contributed by atoms with Crippen molar-refractivity contribution in [1.82, 2.24) is 10.2 Å². The van der Waals surface area contributed by atoms with Crippen molar-refractivity contribution in [1.29, 1.82) is 0 Å². The largest absolute Gasteiger partial charge is 0.481 e. The summed E-state index contributed by atoms with van der Waals surface area (Å²) in [6, 6.07) is -0.292. The summed E-state index contributed by atoms with van der Waals surface area (Å²) in [5, 5.41) is 11.5. The topological polar surface area (TPSA) is 78.9 Å². The fraction of sp³-hybridized carbons (Fsp3) is 0.833. The van der Waals surface area contributed by atoms with E-state index in [0.29, 0.717) is 6.54 Å². The van der Waals surface area contributed by atoms with E-state index in [1.807, 2.05) is 13.8 Å². The van der Waals surface area contributed by atoms with Gasteiger partial charge in [-0.1, -0.05) is 13.8 Å². The summed E-state index contributed by atoms with van der Waals surface area (Å²) in [6.07, 6.45) is 0.777. The molecule has 2 unspecified atom stereocenters. The summed E-state index contributed by atoms with van der Waals surface area (Å²) in [5.41, 5.74) is -0.394. The van der Waals surface area contributed by atoms with E-state index >= 15 is 0 Å². The van der Waals surface area contributed by atoms with Gasteiger partial charge in [0.05, 0.1) is 11.5 Å². The minimum atomic E-state index is -0.912.